The van der Waals surface area contributed by atoms with Crippen molar-refractivity contribution in [3.8, 4) is 11.1 Å². The minimum Gasteiger partial charge on any atom is -0.359 e. The average Bonchev–Trinajstić information content (AvgIpc) is 3.28. The van der Waals surface area contributed by atoms with E-state index in [-0.39, 0.29) is 27.3 Å². The summed E-state index contributed by atoms with van der Waals surface area (Å²) < 4.78 is 56.3. The summed E-state index contributed by atoms with van der Waals surface area (Å²) in [5.41, 5.74) is 1.72. The van der Waals surface area contributed by atoms with E-state index in [1.807, 2.05) is 13.8 Å². The van der Waals surface area contributed by atoms with Gasteiger partial charge in [0.25, 0.3) is 0 Å². The molecule has 0 amide bonds. The third-order valence-corrected chi connectivity index (χ3v) is 6.96. The van der Waals surface area contributed by atoms with Crippen LogP contribution in [0.4, 0.5) is 23.2 Å². The second kappa shape index (κ2) is 8.23. The van der Waals surface area contributed by atoms with Crippen molar-refractivity contribution in [3.05, 3.63) is 99.1 Å². The minimum absolute atomic E-state index is 0.0798. The lowest BCUT2D eigenvalue weighted by molar-refractivity contribution is 0.553. The molecular formula is C25H19BrClF4N. The quantitative estimate of drug-likeness (QED) is 0.260. The van der Waals surface area contributed by atoms with Gasteiger partial charge in [0.2, 0.25) is 0 Å². The van der Waals surface area contributed by atoms with Crippen molar-refractivity contribution >= 4 is 33.2 Å². The Balaban J connectivity index is 1.61. The van der Waals surface area contributed by atoms with Gasteiger partial charge < -0.3 is 5.32 Å². The third kappa shape index (κ3) is 4.06. The first kappa shape index (κ1) is 22.9. The zero-order chi connectivity index (χ0) is 23.4. The van der Waals surface area contributed by atoms with Crippen LogP contribution in [0.2, 0.25) is 5.02 Å². The van der Waals surface area contributed by atoms with Crippen LogP contribution in [-0.4, -0.2) is 0 Å². The zero-order valence-corrected chi connectivity index (χ0v) is 19.6. The summed E-state index contributed by atoms with van der Waals surface area (Å²) in [6, 6.07) is 10.6. The molecule has 0 saturated heterocycles. The highest BCUT2D eigenvalue weighted by Gasteiger charge is 2.60. The number of rotatable bonds is 5. The van der Waals surface area contributed by atoms with Crippen LogP contribution < -0.4 is 5.32 Å². The standard InChI is InChI=1S/C25H19BrClF4N/c1-12(22-23(25(22,2)3)18-8-14(29)9-19(26)24(18)31)32-15-5-7-20(27)17(11-15)16-6-4-13(28)10-21(16)30/h4-11,22-23,32H,1H2,2-3H3. The van der Waals surface area contributed by atoms with E-state index in [9.17, 15) is 17.6 Å². The van der Waals surface area contributed by atoms with Crippen LogP contribution in [0.3, 0.4) is 0 Å². The molecule has 0 heterocycles. The molecule has 0 radical (unpaired) electrons. The van der Waals surface area contributed by atoms with Crippen molar-refractivity contribution in [1.29, 1.82) is 0 Å². The fourth-order valence-electron chi connectivity index (χ4n) is 4.45. The van der Waals surface area contributed by atoms with E-state index in [0.717, 1.165) is 18.2 Å². The van der Waals surface area contributed by atoms with Crippen LogP contribution in [-0.2, 0) is 0 Å². The second-order valence-corrected chi connectivity index (χ2v) is 9.80. The van der Waals surface area contributed by atoms with Crippen LogP contribution in [0.1, 0.15) is 25.3 Å². The first-order valence-corrected chi connectivity index (χ1v) is 11.0. The Morgan fingerprint density at radius 3 is 2.38 bits per heavy atom. The fraction of sp³-hybridized carbons (Fsp3) is 0.200. The summed E-state index contributed by atoms with van der Waals surface area (Å²) in [4.78, 5) is 0. The first-order valence-electron chi connectivity index (χ1n) is 9.86. The van der Waals surface area contributed by atoms with E-state index in [1.165, 1.54) is 12.1 Å². The first-order chi connectivity index (χ1) is 15.0. The topological polar surface area (TPSA) is 12.0 Å². The van der Waals surface area contributed by atoms with Crippen molar-refractivity contribution < 1.29 is 17.6 Å². The summed E-state index contributed by atoms with van der Waals surface area (Å²) in [5.74, 6) is -2.83. The van der Waals surface area contributed by atoms with Gasteiger partial charge in [-0.2, -0.15) is 0 Å². The molecule has 1 saturated carbocycles. The van der Waals surface area contributed by atoms with E-state index in [4.69, 9.17) is 11.6 Å². The molecule has 1 aliphatic rings. The molecule has 0 aliphatic heterocycles. The molecule has 2 unspecified atom stereocenters. The van der Waals surface area contributed by atoms with Crippen molar-refractivity contribution in [2.24, 2.45) is 11.3 Å². The SMILES string of the molecule is C=C(Nc1ccc(Cl)c(-c2ccc(F)cc2F)c1)C1C(c2cc(F)cc(Br)c2F)C1(C)C. The van der Waals surface area contributed by atoms with Crippen molar-refractivity contribution in [3.63, 3.8) is 0 Å². The molecule has 1 fully saturated rings. The van der Waals surface area contributed by atoms with Gasteiger partial charge in [-0.15, -0.1) is 0 Å². The molecular weight excluding hydrogens is 506 g/mol. The van der Waals surface area contributed by atoms with E-state index in [2.05, 4.69) is 27.8 Å². The van der Waals surface area contributed by atoms with Gasteiger partial charge in [0.1, 0.15) is 23.3 Å². The lowest BCUT2D eigenvalue weighted by atomic mass is 10.0. The Bertz CT molecular complexity index is 1240. The van der Waals surface area contributed by atoms with E-state index in [1.54, 1.807) is 18.2 Å². The van der Waals surface area contributed by atoms with Gasteiger partial charge in [-0.25, -0.2) is 17.6 Å². The van der Waals surface area contributed by atoms with Gasteiger partial charge in [-0.1, -0.05) is 32.0 Å². The van der Waals surface area contributed by atoms with Gasteiger partial charge in [-0.3, -0.25) is 0 Å². The number of hydrogen-bond donors (Lipinski definition) is 1. The number of allylic oxidation sites excluding steroid dienone is 1. The Kier molecular flexibility index (Phi) is 5.88. The molecule has 4 rings (SSSR count). The Morgan fingerprint density at radius 2 is 1.69 bits per heavy atom. The lowest BCUT2D eigenvalue weighted by Crippen LogP contribution is -2.04. The summed E-state index contributed by atoms with van der Waals surface area (Å²) >= 11 is 9.33. The molecule has 0 aromatic heterocycles. The molecule has 7 heteroatoms. The summed E-state index contributed by atoms with van der Waals surface area (Å²) in [5, 5.41) is 3.51. The van der Waals surface area contributed by atoms with E-state index >= 15 is 0 Å². The van der Waals surface area contributed by atoms with Crippen LogP contribution in [0.5, 0.6) is 0 Å². The highest BCUT2D eigenvalue weighted by molar-refractivity contribution is 9.10. The Hall–Kier alpha value is -2.31. The summed E-state index contributed by atoms with van der Waals surface area (Å²) in [6.07, 6.45) is 0. The molecule has 0 bridgehead atoms. The van der Waals surface area contributed by atoms with Gasteiger partial charge in [0.15, 0.2) is 0 Å². The highest BCUT2D eigenvalue weighted by atomic mass is 79.9. The lowest BCUT2D eigenvalue weighted by Gasteiger charge is -2.14. The maximum Gasteiger partial charge on any atom is 0.141 e. The fourth-order valence-corrected chi connectivity index (χ4v) is 5.12. The van der Waals surface area contributed by atoms with Crippen LogP contribution in [0.15, 0.2) is 65.3 Å². The number of benzene rings is 3. The minimum atomic E-state index is -0.724. The Morgan fingerprint density at radius 1 is 0.969 bits per heavy atom. The predicted octanol–water partition coefficient (Wildman–Crippen LogP) is 8.69. The van der Waals surface area contributed by atoms with E-state index in [0.29, 0.717) is 27.5 Å². The smallest absolute Gasteiger partial charge is 0.141 e. The molecule has 1 nitrogen and oxygen atoms in total. The molecule has 166 valence electrons. The number of nitrogens with one attached hydrogen (secondary N) is 1. The molecule has 32 heavy (non-hydrogen) atoms. The predicted molar refractivity (Wildman–Crippen MR) is 124 cm³/mol. The Labute approximate surface area is 197 Å². The average molecular weight is 525 g/mol. The summed E-state index contributed by atoms with van der Waals surface area (Å²) in [7, 11) is 0. The van der Waals surface area contributed by atoms with Gasteiger partial charge in [-0.05, 0) is 69.4 Å². The molecule has 1 N–H and O–H groups in total. The van der Waals surface area contributed by atoms with E-state index < -0.39 is 23.3 Å². The molecule has 0 spiro atoms. The number of hydrogen-bond acceptors (Lipinski definition) is 1. The van der Waals surface area contributed by atoms with Gasteiger partial charge >= 0.3 is 0 Å². The molecule has 1 aliphatic carbocycles. The maximum atomic E-state index is 14.7. The monoisotopic (exact) mass is 523 g/mol. The van der Waals surface area contributed by atoms with Crippen LogP contribution in [0, 0.1) is 34.6 Å². The zero-order valence-electron chi connectivity index (χ0n) is 17.2. The van der Waals surface area contributed by atoms with Crippen molar-refractivity contribution in [2.75, 3.05) is 5.32 Å². The van der Waals surface area contributed by atoms with Gasteiger partial charge in [0.05, 0.1) is 4.47 Å². The maximum absolute atomic E-state index is 14.7. The molecule has 3 aromatic rings. The van der Waals surface area contributed by atoms with Crippen molar-refractivity contribution in [1.82, 2.24) is 0 Å². The molecule has 2 atom stereocenters. The van der Waals surface area contributed by atoms with Crippen LogP contribution in [0.25, 0.3) is 11.1 Å². The number of halogens is 6. The van der Waals surface area contributed by atoms with Crippen LogP contribution >= 0.6 is 27.5 Å². The van der Waals surface area contributed by atoms with Gasteiger partial charge in [0, 0.05) is 45.4 Å². The largest absolute Gasteiger partial charge is 0.359 e. The second-order valence-electron chi connectivity index (χ2n) is 8.54. The number of anilines is 1. The normalized spacial score (nSPS) is 19.0. The third-order valence-electron chi connectivity index (χ3n) is 6.05. The molecule has 3 aromatic carbocycles. The summed E-state index contributed by atoms with van der Waals surface area (Å²) in [6.45, 7) is 8.05. The van der Waals surface area contributed by atoms with Crippen molar-refractivity contribution in [2.45, 2.75) is 19.8 Å². The highest BCUT2D eigenvalue weighted by Crippen LogP contribution is 2.67.